The Morgan fingerprint density at radius 3 is 2.76 bits per heavy atom. The molecule has 1 aliphatic rings. The summed E-state index contributed by atoms with van der Waals surface area (Å²) in [6, 6.07) is -0.524. The Balaban J connectivity index is 2.51. The van der Waals surface area contributed by atoms with Gasteiger partial charge in [-0.25, -0.2) is 0 Å². The summed E-state index contributed by atoms with van der Waals surface area (Å²) in [7, 11) is 1.71. The monoisotopic (exact) mass is 236 g/mol. The van der Waals surface area contributed by atoms with E-state index < -0.39 is 6.04 Å². The zero-order valence-corrected chi connectivity index (χ0v) is 10.2. The number of nitrogens with zero attached hydrogens (tertiary/aromatic N) is 2. The van der Waals surface area contributed by atoms with E-state index in [9.17, 15) is 9.59 Å². The second-order valence-corrected chi connectivity index (χ2v) is 4.23. The summed E-state index contributed by atoms with van der Waals surface area (Å²) in [4.78, 5) is 23.7. The van der Waals surface area contributed by atoms with E-state index in [2.05, 4.69) is 15.7 Å². The van der Waals surface area contributed by atoms with Gasteiger partial charge in [-0.05, 0) is 13.3 Å². The fraction of sp³-hybridized carbons (Fsp3) is 0.545. The number of fused-ring (bicyclic) bond motifs is 1. The molecule has 0 radical (unpaired) electrons. The highest BCUT2D eigenvalue weighted by Crippen LogP contribution is 2.23. The van der Waals surface area contributed by atoms with Crippen molar-refractivity contribution in [2.24, 2.45) is 7.05 Å². The largest absolute Gasteiger partial charge is 0.339 e. The summed E-state index contributed by atoms with van der Waals surface area (Å²) in [5.74, 6) is -0.467. The van der Waals surface area contributed by atoms with Crippen LogP contribution in [0.4, 0.5) is 5.69 Å². The molecular formula is C11H16N4O2. The SMILES string of the molecule is CCCc1nn(C)c2c1NC(=O)[C@H](C)NC2=O. The second kappa shape index (κ2) is 4.20. The Bertz CT molecular complexity index is 478. The molecule has 2 amide bonds. The number of hydrogen-bond donors (Lipinski definition) is 2. The van der Waals surface area contributed by atoms with Gasteiger partial charge in [0, 0.05) is 7.05 Å². The molecule has 1 aromatic rings. The average Bonchev–Trinajstić information content (AvgIpc) is 2.49. The number of carbonyl (C=O) groups excluding carboxylic acids is 2. The predicted octanol–water partition coefficient (Wildman–Crippen LogP) is 0.443. The van der Waals surface area contributed by atoms with Gasteiger partial charge >= 0.3 is 0 Å². The first kappa shape index (κ1) is 11.6. The van der Waals surface area contributed by atoms with Crippen molar-refractivity contribution in [3.05, 3.63) is 11.4 Å². The summed E-state index contributed by atoms with van der Waals surface area (Å²) in [6.45, 7) is 3.69. The third-order valence-electron chi connectivity index (χ3n) is 2.81. The van der Waals surface area contributed by atoms with Crippen molar-refractivity contribution in [3.63, 3.8) is 0 Å². The summed E-state index contributed by atoms with van der Waals surface area (Å²) >= 11 is 0. The molecule has 1 aromatic heterocycles. The van der Waals surface area contributed by atoms with Gasteiger partial charge in [-0.15, -0.1) is 0 Å². The van der Waals surface area contributed by atoms with Crippen LogP contribution in [0.5, 0.6) is 0 Å². The Morgan fingerprint density at radius 2 is 2.12 bits per heavy atom. The van der Waals surface area contributed by atoms with Gasteiger partial charge in [0.05, 0.1) is 11.4 Å². The fourth-order valence-electron chi connectivity index (χ4n) is 1.95. The molecule has 0 spiro atoms. The molecule has 1 atom stereocenters. The zero-order valence-electron chi connectivity index (χ0n) is 10.2. The summed E-state index contributed by atoms with van der Waals surface area (Å²) < 4.78 is 1.52. The van der Waals surface area contributed by atoms with Crippen LogP contribution in [0.15, 0.2) is 0 Å². The quantitative estimate of drug-likeness (QED) is 0.782. The van der Waals surface area contributed by atoms with Crippen LogP contribution in [0.2, 0.25) is 0 Å². The van der Waals surface area contributed by atoms with Gasteiger partial charge in [0.2, 0.25) is 5.91 Å². The van der Waals surface area contributed by atoms with Crippen LogP contribution < -0.4 is 10.6 Å². The summed E-state index contributed by atoms with van der Waals surface area (Å²) in [5.41, 5.74) is 1.75. The first-order valence-corrected chi connectivity index (χ1v) is 5.72. The van der Waals surface area contributed by atoms with Crippen LogP contribution >= 0.6 is 0 Å². The third kappa shape index (κ3) is 1.90. The molecule has 0 aliphatic carbocycles. The minimum atomic E-state index is -0.524. The molecule has 0 saturated heterocycles. The van der Waals surface area contributed by atoms with Gasteiger partial charge in [-0.3, -0.25) is 14.3 Å². The normalized spacial score (nSPS) is 19.4. The highest BCUT2D eigenvalue weighted by Gasteiger charge is 2.30. The Hall–Kier alpha value is -1.85. The molecule has 0 saturated carbocycles. The summed E-state index contributed by atoms with van der Waals surface area (Å²) in [5, 5.41) is 9.68. The first-order chi connectivity index (χ1) is 8.04. The van der Waals surface area contributed by atoms with Crippen molar-refractivity contribution in [2.75, 3.05) is 5.32 Å². The smallest absolute Gasteiger partial charge is 0.272 e. The number of anilines is 1. The molecule has 17 heavy (non-hydrogen) atoms. The van der Waals surface area contributed by atoms with E-state index in [1.54, 1.807) is 14.0 Å². The van der Waals surface area contributed by atoms with Crippen molar-refractivity contribution in [1.29, 1.82) is 0 Å². The third-order valence-corrected chi connectivity index (χ3v) is 2.81. The lowest BCUT2D eigenvalue weighted by Gasteiger charge is -2.08. The number of hydrogen-bond acceptors (Lipinski definition) is 3. The van der Waals surface area contributed by atoms with Crippen molar-refractivity contribution in [3.8, 4) is 0 Å². The van der Waals surface area contributed by atoms with Gasteiger partial charge in [-0.1, -0.05) is 13.3 Å². The molecule has 0 bridgehead atoms. The fourth-order valence-corrected chi connectivity index (χ4v) is 1.95. The van der Waals surface area contributed by atoms with Crippen molar-refractivity contribution >= 4 is 17.5 Å². The Labute approximate surface area is 99.4 Å². The van der Waals surface area contributed by atoms with Gasteiger partial charge < -0.3 is 10.6 Å². The standard InChI is InChI=1S/C11H16N4O2/c1-4-5-7-8-9(15(3)14-7)11(17)12-6(2)10(16)13-8/h6H,4-5H2,1-3H3,(H,12,17)(H,13,16)/t6-/m0/s1. The van der Waals surface area contributed by atoms with E-state index in [0.717, 1.165) is 18.5 Å². The van der Waals surface area contributed by atoms with Crippen LogP contribution in [-0.2, 0) is 18.3 Å². The number of carbonyl (C=O) groups is 2. The van der Waals surface area contributed by atoms with Crippen LogP contribution in [0.25, 0.3) is 0 Å². The van der Waals surface area contributed by atoms with Crippen molar-refractivity contribution in [1.82, 2.24) is 15.1 Å². The molecule has 2 rings (SSSR count). The molecular weight excluding hydrogens is 220 g/mol. The molecule has 2 heterocycles. The summed E-state index contributed by atoms with van der Waals surface area (Å²) in [6.07, 6.45) is 1.65. The number of aromatic nitrogens is 2. The molecule has 6 nitrogen and oxygen atoms in total. The lowest BCUT2D eigenvalue weighted by molar-refractivity contribution is -0.117. The van der Waals surface area contributed by atoms with E-state index in [0.29, 0.717) is 11.4 Å². The van der Waals surface area contributed by atoms with Gasteiger partial charge in [0.1, 0.15) is 11.7 Å². The number of aryl methyl sites for hydroxylation is 2. The number of amides is 2. The maximum atomic E-state index is 11.9. The van der Waals surface area contributed by atoms with Crippen LogP contribution in [0, 0.1) is 0 Å². The minimum Gasteiger partial charge on any atom is -0.339 e. The molecule has 0 aromatic carbocycles. The maximum Gasteiger partial charge on any atom is 0.272 e. The highest BCUT2D eigenvalue weighted by atomic mass is 16.2. The van der Waals surface area contributed by atoms with Gasteiger partial charge in [0.25, 0.3) is 5.91 Å². The molecule has 1 aliphatic heterocycles. The molecule has 92 valence electrons. The van der Waals surface area contributed by atoms with E-state index in [1.165, 1.54) is 4.68 Å². The molecule has 6 heteroatoms. The lowest BCUT2D eigenvalue weighted by Crippen LogP contribution is -2.39. The van der Waals surface area contributed by atoms with Gasteiger partial charge in [0.15, 0.2) is 0 Å². The number of nitrogens with one attached hydrogen (secondary N) is 2. The maximum absolute atomic E-state index is 11.9. The number of rotatable bonds is 2. The van der Waals surface area contributed by atoms with Crippen molar-refractivity contribution in [2.45, 2.75) is 32.7 Å². The second-order valence-electron chi connectivity index (χ2n) is 4.23. The Morgan fingerprint density at radius 1 is 1.41 bits per heavy atom. The topological polar surface area (TPSA) is 76.0 Å². The highest BCUT2D eigenvalue weighted by molar-refractivity contribution is 6.09. The van der Waals surface area contributed by atoms with E-state index >= 15 is 0 Å². The van der Waals surface area contributed by atoms with Crippen LogP contribution in [0.3, 0.4) is 0 Å². The van der Waals surface area contributed by atoms with Crippen molar-refractivity contribution < 1.29 is 9.59 Å². The van der Waals surface area contributed by atoms with E-state index in [4.69, 9.17) is 0 Å². The zero-order chi connectivity index (χ0) is 12.6. The molecule has 0 fully saturated rings. The van der Waals surface area contributed by atoms with Crippen LogP contribution in [-0.4, -0.2) is 27.6 Å². The van der Waals surface area contributed by atoms with Crippen LogP contribution in [0.1, 0.15) is 36.5 Å². The Kier molecular flexibility index (Phi) is 2.87. The van der Waals surface area contributed by atoms with Gasteiger partial charge in [-0.2, -0.15) is 5.10 Å². The van der Waals surface area contributed by atoms with E-state index in [1.807, 2.05) is 6.92 Å². The lowest BCUT2D eigenvalue weighted by atomic mass is 10.2. The predicted molar refractivity (Wildman–Crippen MR) is 62.8 cm³/mol. The first-order valence-electron chi connectivity index (χ1n) is 5.72. The minimum absolute atomic E-state index is 0.206. The molecule has 2 N–H and O–H groups in total. The average molecular weight is 236 g/mol. The molecule has 0 unspecified atom stereocenters. The van der Waals surface area contributed by atoms with E-state index in [-0.39, 0.29) is 11.8 Å².